The van der Waals surface area contributed by atoms with Gasteiger partial charge in [0.2, 0.25) is 5.91 Å². The fourth-order valence-electron chi connectivity index (χ4n) is 2.13. The SMILES string of the molecule is COc1ccc(N(C)C(=O)C2CCNC2)cc1Cl.Cl. The summed E-state index contributed by atoms with van der Waals surface area (Å²) < 4.78 is 5.09. The van der Waals surface area contributed by atoms with Crippen molar-refractivity contribution in [2.45, 2.75) is 6.42 Å². The molecular weight excluding hydrogens is 287 g/mol. The van der Waals surface area contributed by atoms with Gasteiger partial charge in [-0.15, -0.1) is 12.4 Å². The van der Waals surface area contributed by atoms with Gasteiger partial charge in [0, 0.05) is 19.3 Å². The smallest absolute Gasteiger partial charge is 0.231 e. The lowest BCUT2D eigenvalue weighted by molar-refractivity contribution is -0.121. The quantitative estimate of drug-likeness (QED) is 0.932. The van der Waals surface area contributed by atoms with Crippen LogP contribution >= 0.6 is 24.0 Å². The number of carbonyl (C=O) groups excluding carboxylic acids is 1. The Morgan fingerprint density at radius 2 is 2.26 bits per heavy atom. The van der Waals surface area contributed by atoms with E-state index in [4.69, 9.17) is 16.3 Å². The van der Waals surface area contributed by atoms with Crippen LogP contribution < -0.4 is 15.0 Å². The molecule has 1 aliphatic heterocycles. The number of hydrogen-bond acceptors (Lipinski definition) is 3. The second-order valence-corrected chi connectivity index (χ2v) is 4.81. The average molecular weight is 305 g/mol. The largest absolute Gasteiger partial charge is 0.495 e. The summed E-state index contributed by atoms with van der Waals surface area (Å²) in [5.41, 5.74) is 0.790. The third kappa shape index (κ3) is 3.53. The summed E-state index contributed by atoms with van der Waals surface area (Å²) in [4.78, 5) is 13.9. The molecule has 1 unspecified atom stereocenters. The molecule has 0 spiro atoms. The van der Waals surface area contributed by atoms with Gasteiger partial charge in [0.15, 0.2) is 0 Å². The minimum Gasteiger partial charge on any atom is -0.495 e. The van der Waals surface area contributed by atoms with Crippen molar-refractivity contribution in [3.8, 4) is 5.75 Å². The van der Waals surface area contributed by atoms with Crippen molar-refractivity contribution < 1.29 is 9.53 Å². The summed E-state index contributed by atoms with van der Waals surface area (Å²) in [5.74, 6) is 0.806. The van der Waals surface area contributed by atoms with Crippen LogP contribution in [0, 0.1) is 5.92 Å². The Labute approximate surface area is 124 Å². The molecule has 1 N–H and O–H groups in total. The van der Waals surface area contributed by atoms with Crippen LogP contribution in [0.3, 0.4) is 0 Å². The monoisotopic (exact) mass is 304 g/mol. The molecule has 0 aliphatic carbocycles. The molecule has 0 saturated carbocycles. The van der Waals surface area contributed by atoms with E-state index in [0.29, 0.717) is 10.8 Å². The summed E-state index contributed by atoms with van der Waals surface area (Å²) >= 11 is 6.06. The van der Waals surface area contributed by atoms with E-state index in [1.165, 1.54) is 0 Å². The third-order valence-corrected chi connectivity index (χ3v) is 3.56. The zero-order chi connectivity index (χ0) is 13.1. The number of halogens is 2. The predicted octanol–water partition coefficient (Wildman–Crippen LogP) is 2.34. The molecule has 1 heterocycles. The van der Waals surface area contributed by atoms with Gasteiger partial charge in [0.1, 0.15) is 5.75 Å². The Hall–Kier alpha value is -0.970. The van der Waals surface area contributed by atoms with E-state index in [-0.39, 0.29) is 24.2 Å². The first-order chi connectivity index (χ1) is 8.63. The molecule has 19 heavy (non-hydrogen) atoms. The van der Waals surface area contributed by atoms with Crippen LogP contribution in [-0.2, 0) is 4.79 Å². The second kappa shape index (κ2) is 6.98. The van der Waals surface area contributed by atoms with Crippen molar-refractivity contribution in [3.05, 3.63) is 23.2 Å². The van der Waals surface area contributed by atoms with Gasteiger partial charge in [-0.3, -0.25) is 4.79 Å². The molecule has 6 heteroatoms. The molecule has 4 nitrogen and oxygen atoms in total. The maximum Gasteiger partial charge on any atom is 0.231 e. The van der Waals surface area contributed by atoms with E-state index in [1.54, 1.807) is 31.2 Å². The number of anilines is 1. The molecule has 106 valence electrons. The van der Waals surface area contributed by atoms with Crippen molar-refractivity contribution in [2.24, 2.45) is 5.92 Å². The van der Waals surface area contributed by atoms with E-state index in [9.17, 15) is 4.79 Å². The van der Waals surface area contributed by atoms with Gasteiger partial charge in [-0.05, 0) is 31.2 Å². The Kier molecular flexibility index (Phi) is 5.91. The zero-order valence-electron chi connectivity index (χ0n) is 11.0. The number of carbonyl (C=O) groups is 1. The fourth-order valence-corrected chi connectivity index (χ4v) is 2.38. The first-order valence-corrected chi connectivity index (χ1v) is 6.33. The van der Waals surface area contributed by atoms with E-state index < -0.39 is 0 Å². The van der Waals surface area contributed by atoms with Gasteiger partial charge in [0.25, 0.3) is 0 Å². The number of methoxy groups -OCH3 is 1. The van der Waals surface area contributed by atoms with E-state index in [1.807, 2.05) is 6.07 Å². The molecule has 1 atom stereocenters. The van der Waals surface area contributed by atoms with Crippen LogP contribution in [0.15, 0.2) is 18.2 Å². The highest BCUT2D eigenvalue weighted by Crippen LogP contribution is 2.29. The highest BCUT2D eigenvalue weighted by atomic mass is 35.5. The van der Waals surface area contributed by atoms with Crippen LogP contribution in [0.5, 0.6) is 5.75 Å². The molecule has 0 bridgehead atoms. The van der Waals surface area contributed by atoms with Crippen LogP contribution in [0.25, 0.3) is 0 Å². The Morgan fingerprint density at radius 3 is 2.79 bits per heavy atom. The topological polar surface area (TPSA) is 41.6 Å². The summed E-state index contributed by atoms with van der Waals surface area (Å²) in [6, 6.07) is 5.36. The van der Waals surface area contributed by atoms with Gasteiger partial charge >= 0.3 is 0 Å². The van der Waals surface area contributed by atoms with Gasteiger partial charge in [-0.2, -0.15) is 0 Å². The molecule has 0 aromatic heterocycles. The predicted molar refractivity (Wildman–Crippen MR) is 79.6 cm³/mol. The zero-order valence-corrected chi connectivity index (χ0v) is 12.6. The summed E-state index contributed by atoms with van der Waals surface area (Å²) in [7, 11) is 3.35. The van der Waals surface area contributed by atoms with Crippen molar-refractivity contribution >= 4 is 35.6 Å². The summed E-state index contributed by atoms with van der Waals surface area (Å²) in [6.45, 7) is 1.67. The number of ether oxygens (including phenoxy) is 1. The normalized spacial score (nSPS) is 17.7. The standard InChI is InChI=1S/C13H17ClN2O2.ClH/c1-16(13(17)9-5-6-15-8-9)10-3-4-12(18-2)11(14)7-10;/h3-4,7,9,15H,5-6,8H2,1-2H3;1H. The summed E-state index contributed by atoms with van der Waals surface area (Å²) in [5, 5.41) is 3.71. The highest BCUT2D eigenvalue weighted by Gasteiger charge is 2.26. The lowest BCUT2D eigenvalue weighted by Gasteiger charge is -2.21. The average Bonchev–Trinajstić information content (AvgIpc) is 2.90. The van der Waals surface area contributed by atoms with Crippen molar-refractivity contribution in [3.63, 3.8) is 0 Å². The van der Waals surface area contributed by atoms with Crippen LogP contribution in [0.2, 0.25) is 5.02 Å². The maximum absolute atomic E-state index is 12.2. The Bertz CT molecular complexity index is 448. The van der Waals surface area contributed by atoms with E-state index in [2.05, 4.69) is 5.32 Å². The van der Waals surface area contributed by atoms with Gasteiger partial charge in [-0.25, -0.2) is 0 Å². The molecule has 1 fully saturated rings. The lowest BCUT2D eigenvalue weighted by Crippen LogP contribution is -2.33. The van der Waals surface area contributed by atoms with Crippen molar-refractivity contribution in [1.29, 1.82) is 0 Å². The molecule has 1 amide bonds. The summed E-state index contributed by atoms with van der Waals surface area (Å²) in [6.07, 6.45) is 0.896. The van der Waals surface area contributed by atoms with Crippen LogP contribution in [0.4, 0.5) is 5.69 Å². The molecule has 1 aliphatic rings. The maximum atomic E-state index is 12.2. The Balaban J connectivity index is 0.00000180. The van der Waals surface area contributed by atoms with Crippen LogP contribution in [-0.4, -0.2) is 33.2 Å². The minimum atomic E-state index is 0. The molecule has 1 aromatic rings. The number of nitrogens with zero attached hydrogens (tertiary/aromatic N) is 1. The third-order valence-electron chi connectivity index (χ3n) is 3.26. The van der Waals surface area contributed by atoms with Crippen molar-refractivity contribution in [2.75, 3.05) is 32.1 Å². The van der Waals surface area contributed by atoms with Gasteiger partial charge in [-0.1, -0.05) is 11.6 Å². The fraction of sp³-hybridized carbons (Fsp3) is 0.462. The number of hydrogen-bond donors (Lipinski definition) is 1. The van der Waals surface area contributed by atoms with Crippen LogP contribution in [0.1, 0.15) is 6.42 Å². The first-order valence-electron chi connectivity index (χ1n) is 5.95. The number of benzene rings is 1. The van der Waals surface area contributed by atoms with Crippen molar-refractivity contribution in [1.82, 2.24) is 5.32 Å². The number of nitrogens with one attached hydrogen (secondary N) is 1. The van der Waals surface area contributed by atoms with E-state index >= 15 is 0 Å². The highest BCUT2D eigenvalue weighted by molar-refractivity contribution is 6.32. The second-order valence-electron chi connectivity index (χ2n) is 4.41. The Morgan fingerprint density at radius 1 is 1.53 bits per heavy atom. The minimum absolute atomic E-state index is 0. The van der Waals surface area contributed by atoms with Gasteiger partial charge < -0.3 is 15.0 Å². The lowest BCUT2D eigenvalue weighted by atomic mass is 10.1. The number of amides is 1. The molecule has 2 rings (SSSR count). The van der Waals surface area contributed by atoms with Gasteiger partial charge in [0.05, 0.1) is 18.1 Å². The molecular formula is C13H18Cl2N2O2. The first kappa shape index (κ1) is 16.1. The van der Waals surface area contributed by atoms with E-state index in [0.717, 1.165) is 25.2 Å². The molecule has 0 radical (unpaired) electrons. The molecule has 1 aromatic carbocycles. The number of rotatable bonds is 3. The molecule has 1 saturated heterocycles.